The molecule has 3 nitrogen and oxygen atoms in total. The summed E-state index contributed by atoms with van der Waals surface area (Å²) in [7, 11) is 5.24. The monoisotopic (exact) mass is 259 g/mol. The Balaban J connectivity index is 3.20. The van der Waals surface area contributed by atoms with Crippen LogP contribution in [0.1, 0.15) is 36.7 Å². The number of ether oxygens (including phenoxy) is 1. The van der Waals surface area contributed by atoms with Crippen LogP contribution in [0.3, 0.4) is 0 Å². The van der Waals surface area contributed by atoms with E-state index in [0.717, 1.165) is 11.3 Å². The summed E-state index contributed by atoms with van der Waals surface area (Å²) in [6.45, 7) is 6.26. The number of hydrogen-bond donors (Lipinski definition) is 0. The number of benzene rings is 1. The minimum absolute atomic E-state index is 0.0867. The van der Waals surface area contributed by atoms with E-state index in [1.54, 1.807) is 32.2 Å². The summed E-state index contributed by atoms with van der Waals surface area (Å²) >= 11 is 0. The minimum atomic E-state index is -0.179. The lowest BCUT2D eigenvalue weighted by molar-refractivity contribution is 0.105. The van der Waals surface area contributed by atoms with Gasteiger partial charge in [-0.3, -0.25) is 4.79 Å². The second kappa shape index (κ2) is 5.79. The Morgan fingerprint density at radius 3 is 2.37 bits per heavy atom. The molecule has 0 unspecified atom stereocenters. The lowest BCUT2D eigenvalue weighted by atomic mass is 9.85. The van der Waals surface area contributed by atoms with Gasteiger partial charge in [0, 0.05) is 31.3 Å². The van der Waals surface area contributed by atoms with Gasteiger partial charge < -0.3 is 9.64 Å². The van der Waals surface area contributed by atoms with E-state index in [0.29, 0.717) is 5.56 Å². The van der Waals surface area contributed by atoms with Gasteiger partial charge in [0.05, 0.1) is 7.11 Å². The van der Waals surface area contributed by atoms with Crippen LogP contribution in [0.4, 0.5) is 0 Å². The Hall–Kier alpha value is -1.95. The molecule has 0 spiro atoms. The van der Waals surface area contributed by atoms with Gasteiger partial charge in [-0.1, -0.05) is 20.8 Å². The normalized spacial score (nSPS) is 10.4. The predicted octanol–water partition coefficient (Wildman–Crippen LogP) is 2.70. The maximum atomic E-state index is 12.0. The van der Waals surface area contributed by atoms with Gasteiger partial charge in [0.15, 0.2) is 0 Å². The van der Waals surface area contributed by atoms with Gasteiger partial charge in [-0.15, -0.1) is 0 Å². The summed E-state index contributed by atoms with van der Waals surface area (Å²) in [6.07, 6.45) is 0. The summed E-state index contributed by atoms with van der Waals surface area (Å²) < 4.78 is 5.35. The smallest absolute Gasteiger partial charge is 0.237 e. The molecule has 0 saturated carbocycles. The number of carbonyl (C=O) groups is 1. The number of Topliss-reactive ketones (excluding diaryl/α,β-unsaturated/α-hetero) is 1. The van der Waals surface area contributed by atoms with Gasteiger partial charge in [-0.05, 0) is 29.5 Å². The van der Waals surface area contributed by atoms with E-state index in [4.69, 9.17) is 4.74 Å². The van der Waals surface area contributed by atoms with E-state index in [9.17, 15) is 4.79 Å². The van der Waals surface area contributed by atoms with Crippen molar-refractivity contribution in [2.24, 2.45) is 0 Å². The second-order valence-corrected chi connectivity index (χ2v) is 5.63. The van der Waals surface area contributed by atoms with Crippen LogP contribution in [0.2, 0.25) is 0 Å². The Morgan fingerprint density at radius 1 is 1.26 bits per heavy atom. The first kappa shape index (κ1) is 15.1. The molecule has 0 aliphatic rings. The molecule has 0 N–H and O–H groups in total. The molecule has 0 radical (unpaired) electrons. The van der Waals surface area contributed by atoms with Crippen molar-refractivity contribution in [2.45, 2.75) is 26.2 Å². The van der Waals surface area contributed by atoms with E-state index in [2.05, 4.69) is 32.7 Å². The molecule has 0 heterocycles. The quantitative estimate of drug-likeness (QED) is 0.464. The molecule has 0 aromatic heterocycles. The van der Waals surface area contributed by atoms with Gasteiger partial charge in [0.1, 0.15) is 5.75 Å². The van der Waals surface area contributed by atoms with Gasteiger partial charge >= 0.3 is 0 Å². The molecule has 1 aromatic carbocycles. The number of ketones is 1. The molecule has 3 heteroatoms. The van der Waals surface area contributed by atoms with Crippen molar-refractivity contribution in [3.8, 4) is 17.7 Å². The van der Waals surface area contributed by atoms with Gasteiger partial charge in [-0.2, -0.15) is 0 Å². The predicted molar refractivity (Wildman–Crippen MR) is 77.5 cm³/mol. The van der Waals surface area contributed by atoms with Crippen LogP contribution in [0.25, 0.3) is 0 Å². The first-order chi connectivity index (χ1) is 8.75. The minimum Gasteiger partial charge on any atom is -0.496 e. The van der Waals surface area contributed by atoms with Crippen molar-refractivity contribution >= 4 is 5.78 Å². The van der Waals surface area contributed by atoms with Gasteiger partial charge in [-0.25, -0.2) is 0 Å². The van der Waals surface area contributed by atoms with E-state index in [1.165, 1.54) is 0 Å². The summed E-state index contributed by atoms with van der Waals surface area (Å²) in [5.41, 5.74) is 1.52. The summed E-state index contributed by atoms with van der Waals surface area (Å²) in [6, 6.07) is 8.17. The van der Waals surface area contributed by atoms with E-state index < -0.39 is 0 Å². The fourth-order valence-corrected chi connectivity index (χ4v) is 1.67. The number of carbonyl (C=O) groups excluding carboxylic acids is 1. The molecule has 19 heavy (non-hydrogen) atoms. The van der Waals surface area contributed by atoms with E-state index >= 15 is 0 Å². The summed E-state index contributed by atoms with van der Waals surface area (Å²) in [5, 5.41) is 0. The van der Waals surface area contributed by atoms with Crippen LogP contribution in [0, 0.1) is 12.0 Å². The molecule has 0 fully saturated rings. The highest BCUT2D eigenvalue weighted by molar-refractivity contribution is 6.09. The molecular formula is C16H21NO2. The van der Waals surface area contributed by atoms with Crippen molar-refractivity contribution in [3.63, 3.8) is 0 Å². The SMILES string of the molecule is COc1ccc(C(=O)C#CN(C)C)cc1C(C)(C)C. The van der Waals surface area contributed by atoms with Crippen LogP contribution >= 0.6 is 0 Å². The molecule has 0 saturated heterocycles. The summed E-state index contributed by atoms with van der Waals surface area (Å²) in [5.74, 6) is 3.23. The highest BCUT2D eigenvalue weighted by Gasteiger charge is 2.20. The van der Waals surface area contributed by atoms with E-state index in [1.807, 2.05) is 12.1 Å². The molecular weight excluding hydrogens is 238 g/mol. The fraction of sp³-hybridized carbons (Fsp3) is 0.438. The molecule has 1 aromatic rings. The second-order valence-electron chi connectivity index (χ2n) is 5.63. The average Bonchev–Trinajstić information content (AvgIpc) is 2.34. The van der Waals surface area contributed by atoms with Crippen LogP contribution in [0.15, 0.2) is 18.2 Å². The van der Waals surface area contributed by atoms with Crippen molar-refractivity contribution in [1.82, 2.24) is 4.90 Å². The zero-order valence-electron chi connectivity index (χ0n) is 12.5. The van der Waals surface area contributed by atoms with Crippen molar-refractivity contribution in [1.29, 1.82) is 0 Å². The highest BCUT2D eigenvalue weighted by atomic mass is 16.5. The number of nitrogens with zero attached hydrogens (tertiary/aromatic N) is 1. The van der Waals surface area contributed by atoms with Crippen LogP contribution in [-0.4, -0.2) is 31.9 Å². The lowest BCUT2D eigenvalue weighted by Crippen LogP contribution is -2.14. The Morgan fingerprint density at radius 2 is 1.89 bits per heavy atom. The first-order valence-corrected chi connectivity index (χ1v) is 6.17. The molecule has 1 rings (SSSR count). The highest BCUT2D eigenvalue weighted by Crippen LogP contribution is 2.32. The zero-order chi connectivity index (χ0) is 14.6. The van der Waals surface area contributed by atoms with Crippen molar-refractivity contribution in [2.75, 3.05) is 21.2 Å². The third-order valence-electron chi connectivity index (χ3n) is 2.66. The third-order valence-corrected chi connectivity index (χ3v) is 2.66. The molecule has 0 atom stereocenters. The molecule has 102 valence electrons. The van der Waals surface area contributed by atoms with E-state index in [-0.39, 0.29) is 11.2 Å². The molecule has 0 aliphatic heterocycles. The van der Waals surface area contributed by atoms with Gasteiger partial charge in [0.2, 0.25) is 5.78 Å². The Labute approximate surface area is 115 Å². The van der Waals surface area contributed by atoms with Gasteiger partial charge in [0.25, 0.3) is 0 Å². The van der Waals surface area contributed by atoms with Crippen molar-refractivity contribution < 1.29 is 9.53 Å². The number of hydrogen-bond acceptors (Lipinski definition) is 3. The third kappa shape index (κ3) is 4.03. The summed E-state index contributed by atoms with van der Waals surface area (Å²) in [4.78, 5) is 13.6. The Bertz CT molecular complexity index is 528. The number of methoxy groups -OCH3 is 1. The standard InChI is InChI=1S/C16H21NO2/c1-16(2,3)13-11-12(7-8-15(13)19-6)14(18)9-10-17(4)5/h7-8,11H,1-6H3. The van der Waals surface area contributed by atoms with Crippen LogP contribution in [0.5, 0.6) is 5.75 Å². The average molecular weight is 259 g/mol. The van der Waals surface area contributed by atoms with Crippen LogP contribution in [-0.2, 0) is 5.41 Å². The zero-order valence-corrected chi connectivity index (χ0v) is 12.5. The first-order valence-electron chi connectivity index (χ1n) is 6.17. The fourth-order valence-electron chi connectivity index (χ4n) is 1.67. The van der Waals surface area contributed by atoms with Crippen molar-refractivity contribution in [3.05, 3.63) is 29.3 Å². The topological polar surface area (TPSA) is 29.5 Å². The largest absolute Gasteiger partial charge is 0.496 e. The molecule has 0 amide bonds. The maximum Gasteiger partial charge on any atom is 0.237 e. The molecule has 0 aliphatic carbocycles. The number of rotatable bonds is 2. The molecule has 0 bridgehead atoms. The Kier molecular flexibility index (Phi) is 4.61. The lowest BCUT2D eigenvalue weighted by Gasteiger charge is -2.22. The van der Waals surface area contributed by atoms with Crippen LogP contribution < -0.4 is 4.74 Å². The maximum absolute atomic E-state index is 12.0.